The van der Waals surface area contributed by atoms with Gasteiger partial charge in [0.05, 0.1) is 22.9 Å². The monoisotopic (exact) mass is 401 g/mol. The number of nitrogens with two attached hydrogens (primary N) is 1. The number of aromatic nitrogens is 1. The van der Waals surface area contributed by atoms with Gasteiger partial charge < -0.3 is 21.3 Å². The van der Waals surface area contributed by atoms with Crippen LogP contribution in [0.15, 0.2) is 24.4 Å². The number of thiophene rings is 1. The minimum Gasteiger partial charge on any atom is -0.383 e. The number of pyridine rings is 1. The van der Waals surface area contributed by atoms with Crippen molar-refractivity contribution in [3.05, 3.63) is 34.8 Å². The fourth-order valence-electron chi connectivity index (χ4n) is 3.21. The van der Waals surface area contributed by atoms with Crippen molar-refractivity contribution in [2.75, 3.05) is 22.9 Å². The minimum atomic E-state index is -0.698. The molecule has 0 bridgehead atoms. The van der Waals surface area contributed by atoms with Crippen molar-refractivity contribution in [3.63, 3.8) is 0 Å². The lowest BCUT2D eigenvalue weighted by atomic mass is 10.0. The molecule has 0 unspecified atom stereocenters. The van der Waals surface area contributed by atoms with E-state index in [-0.39, 0.29) is 11.9 Å². The molecule has 3 heterocycles. The number of amides is 3. The number of aryl methyl sites for hydroxylation is 1. The lowest BCUT2D eigenvalue weighted by molar-refractivity contribution is -0.145. The normalized spacial score (nSPS) is 16.5. The summed E-state index contributed by atoms with van der Waals surface area (Å²) in [7, 11) is 0. The molecule has 1 atom stereocenters. The third kappa shape index (κ3) is 4.48. The first-order chi connectivity index (χ1) is 13.3. The molecule has 0 spiro atoms. The molecule has 2 aromatic rings. The standard InChI is InChI=1S/C19H23N5O3S/c1-11-9-13(10-21-17(11)20)23-18(26)19(27)24-8-4-3-5-14(24)15-6-7-16(28-15)22-12(2)25/h6-7,9-10,14H,3-5,8H2,1-2H3,(H2,20,21)(H,22,25)(H,23,26)/t14-/m0/s1. The van der Waals surface area contributed by atoms with Crippen LogP contribution >= 0.6 is 11.3 Å². The van der Waals surface area contributed by atoms with Crippen LogP contribution in [0.3, 0.4) is 0 Å². The van der Waals surface area contributed by atoms with E-state index >= 15 is 0 Å². The second-order valence-corrected chi connectivity index (χ2v) is 7.89. The van der Waals surface area contributed by atoms with E-state index in [0.717, 1.165) is 34.7 Å². The van der Waals surface area contributed by atoms with E-state index in [4.69, 9.17) is 5.73 Å². The van der Waals surface area contributed by atoms with Crippen molar-refractivity contribution in [2.45, 2.75) is 39.2 Å². The Labute approximate surface area is 167 Å². The second-order valence-electron chi connectivity index (χ2n) is 6.77. The first kappa shape index (κ1) is 19.8. The van der Waals surface area contributed by atoms with Gasteiger partial charge in [0.25, 0.3) is 0 Å². The Morgan fingerprint density at radius 1 is 1.25 bits per heavy atom. The summed E-state index contributed by atoms with van der Waals surface area (Å²) in [6.45, 7) is 3.75. The smallest absolute Gasteiger partial charge is 0.313 e. The zero-order valence-corrected chi connectivity index (χ0v) is 16.6. The average Bonchev–Trinajstić information content (AvgIpc) is 3.11. The molecule has 1 aliphatic rings. The number of rotatable bonds is 3. The van der Waals surface area contributed by atoms with Gasteiger partial charge in [-0.05, 0) is 49.9 Å². The Kier molecular flexibility index (Phi) is 5.93. The number of piperidine rings is 1. The van der Waals surface area contributed by atoms with Crippen LogP contribution in [0.1, 0.15) is 42.7 Å². The molecular weight excluding hydrogens is 378 g/mol. The number of carbonyl (C=O) groups excluding carboxylic acids is 3. The Balaban J connectivity index is 1.74. The van der Waals surface area contributed by atoms with Crippen molar-refractivity contribution in [1.29, 1.82) is 0 Å². The average molecular weight is 401 g/mol. The summed E-state index contributed by atoms with van der Waals surface area (Å²) in [5.41, 5.74) is 6.85. The molecule has 2 aromatic heterocycles. The highest BCUT2D eigenvalue weighted by atomic mass is 32.1. The molecule has 0 aliphatic carbocycles. The number of carbonyl (C=O) groups is 3. The minimum absolute atomic E-state index is 0.142. The molecule has 3 rings (SSSR count). The van der Waals surface area contributed by atoms with Crippen molar-refractivity contribution < 1.29 is 14.4 Å². The topological polar surface area (TPSA) is 117 Å². The van der Waals surface area contributed by atoms with Crippen LogP contribution in [0.4, 0.5) is 16.5 Å². The number of nitrogens with zero attached hydrogens (tertiary/aromatic N) is 2. The zero-order valence-electron chi connectivity index (χ0n) is 15.8. The second kappa shape index (κ2) is 8.39. The summed E-state index contributed by atoms with van der Waals surface area (Å²) in [6, 6.07) is 5.23. The predicted octanol–water partition coefficient (Wildman–Crippen LogP) is 2.68. The van der Waals surface area contributed by atoms with E-state index in [0.29, 0.717) is 18.1 Å². The fourth-order valence-corrected chi connectivity index (χ4v) is 4.31. The van der Waals surface area contributed by atoms with Gasteiger partial charge in [0.2, 0.25) is 5.91 Å². The molecule has 8 nitrogen and oxygen atoms in total. The van der Waals surface area contributed by atoms with Crippen molar-refractivity contribution in [1.82, 2.24) is 9.88 Å². The summed E-state index contributed by atoms with van der Waals surface area (Å²) < 4.78 is 0. The van der Waals surface area contributed by atoms with Gasteiger partial charge in [0.1, 0.15) is 5.82 Å². The molecule has 3 amide bonds. The summed E-state index contributed by atoms with van der Waals surface area (Å²) >= 11 is 1.43. The molecule has 148 valence electrons. The highest BCUT2D eigenvalue weighted by Crippen LogP contribution is 2.36. The lowest BCUT2D eigenvalue weighted by Gasteiger charge is -2.34. The van der Waals surface area contributed by atoms with Crippen LogP contribution in [0.2, 0.25) is 0 Å². The number of nitrogens with one attached hydrogen (secondary N) is 2. The third-order valence-electron chi connectivity index (χ3n) is 4.59. The van der Waals surface area contributed by atoms with Crippen molar-refractivity contribution >= 4 is 45.6 Å². The number of nitrogen functional groups attached to an aromatic ring is 1. The van der Waals surface area contributed by atoms with E-state index < -0.39 is 11.8 Å². The number of anilines is 3. The van der Waals surface area contributed by atoms with Crippen LogP contribution in [0, 0.1) is 6.92 Å². The van der Waals surface area contributed by atoms with E-state index in [1.165, 1.54) is 24.5 Å². The highest BCUT2D eigenvalue weighted by Gasteiger charge is 2.32. The summed E-state index contributed by atoms with van der Waals surface area (Å²) in [5.74, 6) is -1.03. The molecule has 9 heteroatoms. The summed E-state index contributed by atoms with van der Waals surface area (Å²) in [5, 5.41) is 6.09. The van der Waals surface area contributed by atoms with Gasteiger partial charge in [-0.15, -0.1) is 11.3 Å². The molecule has 0 aromatic carbocycles. The predicted molar refractivity (Wildman–Crippen MR) is 109 cm³/mol. The van der Waals surface area contributed by atoms with Gasteiger partial charge >= 0.3 is 11.8 Å². The van der Waals surface area contributed by atoms with Crippen LogP contribution < -0.4 is 16.4 Å². The Hall–Kier alpha value is -2.94. The van der Waals surface area contributed by atoms with Crippen LogP contribution in [0.5, 0.6) is 0 Å². The summed E-state index contributed by atoms with van der Waals surface area (Å²) in [4.78, 5) is 43.2. The maximum absolute atomic E-state index is 12.8. The largest absolute Gasteiger partial charge is 0.383 e. The third-order valence-corrected chi connectivity index (χ3v) is 5.69. The highest BCUT2D eigenvalue weighted by molar-refractivity contribution is 7.16. The maximum Gasteiger partial charge on any atom is 0.313 e. The zero-order chi connectivity index (χ0) is 20.3. The Morgan fingerprint density at radius 2 is 2.04 bits per heavy atom. The molecule has 1 fully saturated rings. The SMILES string of the molecule is CC(=O)Nc1ccc([C@@H]2CCCCN2C(=O)C(=O)Nc2cnc(N)c(C)c2)s1. The summed E-state index contributed by atoms with van der Waals surface area (Å²) in [6.07, 6.45) is 4.04. The van der Waals surface area contributed by atoms with Gasteiger partial charge in [-0.1, -0.05) is 0 Å². The molecule has 0 radical (unpaired) electrons. The van der Waals surface area contributed by atoms with Crippen molar-refractivity contribution in [3.8, 4) is 0 Å². The van der Waals surface area contributed by atoms with Crippen LogP contribution in [-0.4, -0.2) is 34.2 Å². The number of likely N-dealkylation sites (tertiary alicyclic amines) is 1. The molecule has 1 saturated heterocycles. The van der Waals surface area contributed by atoms with Gasteiger partial charge in [0.15, 0.2) is 0 Å². The first-order valence-electron chi connectivity index (χ1n) is 9.06. The molecule has 28 heavy (non-hydrogen) atoms. The molecule has 0 saturated carbocycles. The molecule has 1 aliphatic heterocycles. The van der Waals surface area contributed by atoms with E-state index in [1.54, 1.807) is 17.9 Å². The van der Waals surface area contributed by atoms with Crippen molar-refractivity contribution in [2.24, 2.45) is 0 Å². The maximum atomic E-state index is 12.8. The Bertz CT molecular complexity index is 911. The lowest BCUT2D eigenvalue weighted by Crippen LogP contribution is -2.44. The van der Waals surface area contributed by atoms with E-state index in [9.17, 15) is 14.4 Å². The molecule has 4 N–H and O–H groups in total. The van der Waals surface area contributed by atoms with E-state index in [1.807, 2.05) is 12.1 Å². The quantitative estimate of drug-likeness (QED) is 0.684. The number of hydrogen-bond donors (Lipinski definition) is 3. The van der Waals surface area contributed by atoms with Gasteiger partial charge in [-0.25, -0.2) is 4.98 Å². The van der Waals surface area contributed by atoms with Gasteiger partial charge in [-0.3, -0.25) is 14.4 Å². The van der Waals surface area contributed by atoms with Crippen LogP contribution in [0.25, 0.3) is 0 Å². The van der Waals surface area contributed by atoms with Gasteiger partial charge in [0, 0.05) is 18.3 Å². The van der Waals surface area contributed by atoms with Crippen LogP contribution in [-0.2, 0) is 14.4 Å². The number of hydrogen-bond acceptors (Lipinski definition) is 6. The van der Waals surface area contributed by atoms with Gasteiger partial charge in [-0.2, -0.15) is 0 Å². The first-order valence-corrected chi connectivity index (χ1v) is 9.88. The van der Waals surface area contributed by atoms with E-state index in [2.05, 4.69) is 15.6 Å². The Morgan fingerprint density at radius 3 is 2.75 bits per heavy atom. The fraction of sp³-hybridized carbons (Fsp3) is 0.368. The molecular formula is C19H23N5O3S.